The van der Waals surface area contributed by atoms with E-state index in [4.69, 9.17) is 9.47 Å². The van der Waals surface area contributed by atoms with Crippen molar-refractivity contribution in [3.63, 3.8) is 0 Å². The van der Waals surface area contributed by atoms with Gasteiger partial charge in [-0.3, -0.25) is 9.36 Å². The molecule has 2 aromatic heterocycles. The Bertz CT molecular complexity index is 978. The van der Waals surface area contributed by atoms with Crippen molar-refractivity contribution in [2.24, 2.45) is 5.10 Å². The quantitative estimate of drug-likeness (QED) is 0.450. The lowest BCUT2D eigenvalue weighted by atomic mass is 10.3. The zero-order chi connectivity index (χ0) is 20.8. The molecular weight excluding hydrogens is 388 g/mol. The summed E-state index contributed by atoms with van der Waals surface area (Å²) in [5.74, 6) is 1.02. The minimum atomic E-state index is -0.687. The van der Waals surface area contributed by atoms with Crippen molar-refractivity contribution >= 4 is 23.5 Å². The van der Waals surface area contributed by atoms with Crippen LogP contribution in [0, 0.1) is 13.8 Å². The van der Waals surface area contributed by atoms with E-state index in [0.29, 0.717) is 12.4 Å². The number of rotatable bonds is 8. The highest BCUT2D eigenvalue weighted by atomic mass is 32.1. The van der Waals surface area contributed by atoms with Crippen LogP contribution in [0.4, 0.5) is 0 Å². The van der Waals surface area contributed by atoms with E-state index in [9.17, 15) is 4.79 Å². The summed E-state index contributed by atoms with van der Waals surface area (Å²) in [5, 5.41) is 6.93. The number of carbonyl (C=O) groups excluding carboxylic acids is 1. The first-order chi connectivity index (χ1) is 14.0. The topological polar surface area (TPSA) is 77.7 Å². The summed E-state index contributed by atoms with van der Waals surface area (Å²) >= 11 is 1.57. The molecule has 0 saturated heterocycles. The normalized spacial score (nSPS) is 12.1. The van der Waals surface area contributed by atoms with Gasteiger partial charge in [0.15, 0.2) is 11.2 Å². The first kappa shape index (κ1) is 20.6. The predicted molar refractivity (Wildman–Crippen MR) is 114 cm³/mol. The minimum Gasteiger partial charge on any atom is -0.494 e. The number of benzene rings is 1. The summed E-state index contributed by atoms with van der Waals surface area (Å²) in [6, 6.07) is 9.16. The molecule has 0 radical (unpaired) electrons. The zero-order valence-electron chi connectivity index (χ0n) is 16.9. The summed E-state index contributed by atoms with van der Waals surface area (Å²) < 4.78 is 13.1. The first-order valence-corrected chi connectivity index (χ1v) is 10.2. The number of nitrogens with zero attached hydrogens (tertiary/aromatic N) is 3. The van der Waals surface area contributed by atoms with Crippen LogP contribution in [-0.2, 0) is 4.79 Å². The molecule has 1 amide bonds. The second-order valence-corrected chi connectivity index (χ2v) is 7.25. The Kier molecular flexibility index (Phi) is 6.66. The Morgan fingerprint density at radius 1 is 1.31 bits per heavy atom. The molecule has 1 N–H and O–H groups in total. The van der Waals surface area contributed by atoms with Gasteiger partial charge in [0, 0.05) is 28.5 Å². The average Bonchev–Trinajstić information content (AvgIpc) is 3.31. The molecule has 2 heterocycles. The predicted octanol–water partition coefficient (Wildman–Crippen LogP) is 3.87. The van der Waals surface area contributed by atoms with E-state index >= 15 is 0 Å². The van der Waals surface area contributed by atoms with Gasteiger partial charge in [0.25, 0.3) is 5.91 Å². The van der Waals surface area contributed by atoms with Crippen LogP contribution in [0.15, 0.2) is 47.0 Å². The third kappa shape index (κ3) is 5.03. The number of carbonyl (C=O) groups is 1. The van der Waals surface area contributed by atoms with Crippen LogP contribution in [0.5, 0.6) is 11.5 Å². The molecule has 29 heavy (non-hydrogen) atoms. The minimum absolute atomic E-state index is 0.330. The Labute approximate surface area is 174 Å². The fraction of sp³-hybridized carbons (Fsp3) is 0.286. The van der Waals surface area contributed by atoms with Gasteiger partial charge in [-0.1, -0.05) is 0 Å². The second kappa shape index (κ2) is 9.38. The van der Waals surface area contributed by atoms with Crippen LogP contribution in [0.1, 0.15) is 30.8 Å². The largest absolute Gasteiger partial charge is 0.494 e. The number of ether oxygens (including phenoxy) is 2. The summed E-state index contributed by atoms with van der Waals surface area (Å²) in [5.41, 5.74) is 5.51. The lowest BCUT2D eigenvalue weighted by molar-refractivity contribution is -0.127. The third-order valence-corrected chi connectivity index (χ3v) is 5.03. The maximum atomic E-state index is 12.3. The summed E-state index contributed by atoms with van der Waals surface area (Å²) in [7, 11) is 0. The van der Waals surface area contributed by atoms with E-state index in [1.54, 1.807) is 54.9 Å². The number of amides is 1. The molecule has 3 rings (SSSR count). The van der Waals surface area contributed by atoms with Gasteiger partial charge in [-0.05, 0) is 58.0 Å². The van der Waals surface area contributed by atoms with E-state index in [2.05, 4.69) is 20.1 Å². The molecule has 152 valence electrons. The summed E-state index contributed by atoms with van der Waals surface area (Å²) in [6.45, 7) is 8.21. The lowest BCUT2D eigenvalue weighted by Crippen LogP contribution is -2.33. The highest BCUT2D eigenvalue weighted by Crippen LogP contribution is 2.21. The number of aromatic nitrogens is 2. The maximum Gasteiger partial charge on any atom is 0.280 e. The fourth-order valence-electron chi connectivity index (χ4n) is 2.83. The number of hydrogen-bond donors (Lipinski definition) is 1. The van der Waals surface area contributed by atoms with Crippen LogP contribution < -0.4 is 14.9 Å². The Balaban J connectivity index is 1.58. The number of aryl methyl sites for hydroxylation is 1. The van der Waals surface area contributed by atoms with Gasteiger partial charge in [0.05, 0.1) is 12.8 Å². The van der Waals surface area contributed by atoms with E-state index in [1.165, 1.54) is 0 Å². The van der Waals surface area contributed by atoms with Gasteiger partial charge in [0.2, 0.25) is 0 Å². The monoisotopic (exact) mass is 412 g/mol. The smallest absolute Gasteiger partial charge is 0.280 e. The summed E-state index contributed by atoms with van der Waals surface area (Å²) in [4.78, 5) is 16.6. The molecule has 0 fully saturated rings. The molecule has 7 nitrogen and oxygen atoms in total. The average molecular weight is 413 g/mol. The van der Waals surface area contributed by atoms with Gasteiger partial charge < -0.3 is 9.47 Å². The van der Waals surface area contributed by atoms with Gasteiger partial charge >= 0.3 is 0 Å². The maximum absolute atomic E-state index is 12.3. The van der Waals surface area contributed by atoms with Crippen molar-refractivity contribution in [3.8, 4) is 16.6 Å². The molecule has 0 aliphatic heterocycles. The van der Waals surface area contributed by atoms with E-state index in [1.807, 2.05) is 32.2 Å². The third-order valence-electron chi connectivity index (χ3n) is 4.28. The van der Waals surface area contributed by atoms with E-state index < -0.39 is 6.10 Å². The molecule has 1 aromatic carbocycles. The molecule has 1 atom stereocenters. The number of nitrogens with one attached hydrogen (secondary N) is 1. The molecule has 0 unspecified atom stereocenters. The Morgan fingerprint density at radius 3 is 2.69 bits per heavy atom. The Hall–Kier alpha value is -3.13. The van der Waals surface area contributed by atoms with E-state index in [0.717, 1.165) is 27.8 Å². The molecule has 0 aliphatic carbocycles. The van der Waals surface area contributed by atoms with Gasteiger partial charge in [-0.2, -0.15) is 5.10 Å². The standard InChI is InChI=1S/C21H24N4O3S/c1-5-27-18-6-8-19(9-7-18)28-16(4)20(26)24-23-13-17-12-14(2)25(15(17)3)21-22-10-11-29-21/h6-13,16H,5H2,1-4H3,(H,24,26)/b23-13-/t16-/m1/s1. The SMILES string of the molecule is CCOc1ccc(O[C@H](C)C(=O)N/N=C\c2cc(C)n(-c3nccs3)c2C)cc1. The molecule has 0 bridgehead atoms. The fourth-order valence-corrected chi connectivity index (χ4v) is 3.59. The molecule has 0 saturated carbocycles. The molecular formula is C21H24N4O3S. The Morgan fingerprint density at radius 2 is 2.03 bits per heavy atom. The second-order valence-electron chi connectivity index (χ2n) is 6.38. The van der Waals surface area contributed by atoms with Crippen LogP contribution >= 0.6 is 11.3 Å². The van der Waals surface area contributed by atoms with Crippen molar-refractivity contribution in [3.05, 3.63) is 58.9 Å². The van der Waals surface area contributed by atoms with Crippen molar-refractivity contribution in [1.29, 1.82) is 0 Å². The van der Waals surface area contributed by atoms with Crippen molar-refractivity contribution in [2.75, 3.05) is 6.61 Å². The van der Waals surface area contributed by atoms with Gasteiger partial charge in [0.1, 0.15) is 11.5 Å². The first-order valence-electron chi connectivity index (χ1n) is 9.30. The number of thiazole rings is 1. The van der Waals surface area contributed by atoms with E-state index in [-0.39, 0.29) is 5.91 Å². The highest BCUT2D eigenvalue weighted by molar-refractivity contribution is 7.12. The highest BCUT2D eigenvalue weighted by Gasteiger charge is 2.15. The molecule has 3 aromatic rings. The molecule has 0 spiro atoms. The number of hydrazone groups is 1. The zero-order valence-corrected chi connectivity index (χ0v) is 17.7. The van der Waals surface area contributed by atoms with Crippen molar-refractivity contribution < 1.29 is 14.3 Å². The lowest BCUT2D eigenvalue weighted by Gasteiger charge is -2.13. The van der Waals surface area contributed by atoms with Crippen LogP contribution in [0.25, 0.3) is 5.13 Å². The van der Waals surface area contributed by atoms with Crippen LogP contribution in [0.2, 0.25) is 0 Å². The van der Waals surface area contributed by atoms with Crippen molar-refractivity contribution in [2.45, 2.75) is 33.8 Å². The van der Waals surface area contributed by atoms with Crippen molar-refractivity contribution in [1.82, 2.24) is 15.0 Å². The van der Waals surface area contributed by atoms with Crippen LogP contribution in [-0.4, -0.2) is 34.4 Å². The van der Waals surface area contributed by atoms with Gasteiger partial charge in [-0.15, -0.1) is 11.3 Å². The molecule has 8 heteroatoms. The van der Waals surface area contributed by atoms with Crippen LogP contribution in [0.3, 0.4) is 0 Å². The summed E-state index contributed by atoms with van der Waals surface area (Å²) in [6.07, 6.45) is 2.72. The number of hydrogen-bond acceptors (Lipinski definition) is 6. The van der Waals surface area contributed by atoms with Gasteiger partial charge in [-0.25, -0.2) is 10.4 Å². The molecule has 0 aliphatic rings.